The summed E-state index contributed by atoms with van der Waals surface area (Å²) in [6.07, 6.45) is 0. The van der Waals surface area contributed by atoms with Crippen LogP contribution in [-0.4, -0.2) is 4.69 Å². The molecule has 0 bridgehead atoms. The first-order valence-electron chi connectivity index (χ1n) is 2.93. The van der Waals surface area contributed by atoms with Crippen LogP contribution < -0.4 is 0 Å². The van der Waals surface area contributed by atoms with E-state index in [0.717, 1.165) is 10.3 Å². The quantitative estimate of drug-likeness (QED) is 0.705. The van der Waals surface area contributed by atoms with Crippen LogP contribution >= 0.6 is 38.6 Å². The first kappa shape index (κ1) is 7.46. The van der Waals surface area contributed by atoms with E-state index in [-0.39, 0.29) is 4.69 Å². The van der Waals surface area contributed by atoms with Crippen LogP contribution in [0.5, 0.6) is 0 Å². The third kappa shape index (κ3) is 1.15. The molecule has 0 saturated heterocycles. The van der Waals surface area contributed by atoms with Gasteiger partial charge in [0.1, 0.15) is 0 Å². The molecule has 0 saturated carbocycles. The first-order chi connectivity index (χ1) is 5.29. The third-order valence-corrected chi connectivity index (χ3v) is 3.84. The van der Waals surface area contributed by atoms with Crippen LogP contribution in [0.3, 0.4) is 0 Å². The van der Waals surface area contributed by atoms with E-state index in [0.29, 0.717) is 0 Å². The van der Waals surface area contributed by atoms with E-state index in [4.69, 9.17) is 0 Å². The minimum Gasteiger partial charge on any atom is -0.281 e. The minimum atomic E-state index is -0.0220. The summed E-state index contributed by atoms with van der Waals surface area (Å²) in [7, 11) is 0. The van der Waals surface area contributed by atoms with Crippen molar-refractivity contribution in [2.45, 2.75) is 0 Å². The monoisotopic (exact) mass is 246 g/mol. The molecule has 0 unspecified atom stereocenters. The molecule has 0 amide bonds. The maximum absolute atomic E-state index is 10.9. The lowest BCUT2D eigenvalue weighted by Gasteiger charge is -1.82. The molecule has 0 radical (unpaired) electrons. The Morgan fingerprint density at radius 1 is 1.45 bits per heavy atom. The Bertz CT molecular complexity index is 401. The molecule has 1 nitrogen and oxygen atoms in total. The van der Waals surface area contributed by atoms with E-state index >= 15 is 0 Å². The van der Waals surface area contributed by atoms with Gasteiger partial charge in [0.15, 0.2) is 0 Å². The predicted octanol–water partition coefficient (Wildman–Crippen LogP) is 3.50. The highest BCUT2D eigenvalue weighted by molar-refractivity contribution is 9.18. The van der Waals surface area contributed by atoms with Crippen molar-refractivity contribution in [3.05, 3.63) is 22.4 Å². The van der Waals surface area contributed by atoms with Crippen molar-refractivity contribution in [2.75, 3.05) is 0 Å². The van der Waals surface area contributed by atoms with Crippen molar-refractivity contribution >= 4 is 52.7 Å². The van der Waals surface area contributed by atoms with Gasteiger partial charge in [-0.2, -0.15) is 0 Å². The molecule has 0 aromatic carbocycles. The lowest BCUT2D eigenvalue weighted by molar-refractivity contribution is 0.109. The van der Waals surface area contributed by atoms with E-state index in [2.05, 4.69) is 15.9 Å². The Kier molecular flexibility index (Phi) is 1.83. The van der Waals surface area contributed by atoms with Gasteiger partial charge in [-0.25, -0.2) is 0 Å². The highest BCUT2D eigenvalue weighted by atomic mass is 79.9. The Balaban J connectivity index is 2.78. The molecular weight excluding hydrogens is 244 g/mol. The number of thiophene rings is 2. The molecular formula is C7H3BrOS2. The van der Waals surface area contributed by atoms with Gasteiger partial charge in [-0.15, -0.1) is 22.7 Å². The Labute approximate surface area is 79.8 Å². The van der Waals surface area contributed by atoms with Gasteiger partial charge in [-0.1, -0.05) is 0 Å². The lowest BCUT2D eigenvalue weighted by atomic mass is 10.3. The summed E-state index contributed by atoms with van der Waals surface area (Å²) in [4.78, 5) is 10.9. The molecule has 0 spiro atoms. The van der Waals surface area contributed by atoms with Crippen molar-refractivity contribution in [1.29, 1.82) is 0 Å². The van der Waals surface area contributed by atoms with Gasteiger partial charge in [-0.3, -0.25) is 4.79 Å². The number of carbonyl (C=O) groups excluding carboxylic acids is 1. The van der Waals surface area contributed by atoms with Gasteiger partial charge >= 0.3 is 0 Å². The van der Waals surface area contributed by atoms with Crippen LogP contribution in [-0.2, 0) is 0 Å². The van der Waals surface area contributed by atoms with E-state index in [9.17, 15) is 4.79 Å². The fourth-order valence-corrected chi connectivity index (χ4v) is 3.58. The van der Waals surface area contributed by atoms with Crippen molar-refractivity contribution in [2.24, 2.45) is 0 Å². The molecule has 0 N–H and O–H groups in total. The van der Waals surface area contributed by atoms with Crippen molar-refractivity contribution in [3.8, 4) is 0 Å². The van der Waals surface area contributed by atoms with Gasteiger partial charge in [0.25, 0.3) is 0 Å². The summed E-state index contributed by atoms with van der Waals surface area (Å²) in [5.74, 6) is 0. The van der Waals surface area contributed by atoms with Gasteiger partial charge in [0.05, 0.1) is 10.3 Å². The van der Waals surface area contributed by atoms with Gasteiger partial charge in [0.2, 0.25) is 4.69 Å². The van der Waals surface area contributed by atoms with Crippen LogP contribution in [0.4, 0.5) is 0 Å². The highest BCUT2D eigenvalue weighted by Crippen LogP contribution is 2.31. The van der Waals surface area contributed by atoms with Crippen molar-refractivity contribution < 1.29 is 4.79 Å². The number of hydrogen-bond acceptors (Lipinski definition) is 3. The van der Waals surface area contributed by atoms with Gasteiger partial charge < -0.3 is 0 Å². The van der Waals surface area contributed by atoms with Crippen LogP contribution in [0.25, 0.3) is 9.40 Å². The summed E-state index contributed by atoms with van der Waals surface area (Å²) in [6.45, 7) is 0. The van der Waals surface area contributed by atoms with Gasteiger partial charge in [0, 0.05) is 10.1 Å². The second-order valence-electron chi connectivity index (χ2n) is 2.04. The summed E-state index contributed by atoms with van der Waals surface area (Å²) in [5.41, 5.74) is 0.792. The zero-order valence-corrected chi connectivity index (χ0v) is 8.55. The number of hydrogen-bond donors (Lipinski definition) is 0. The fourth-order valence-electron chi connectivity index (χ4n) is 0.898. The van der Waals surface area contributed by atoms with E-state index in [1.54, 1.807) is 22.7 Å². The Morgan fingerprint density at radius 2 is 2.27 bits per heavy atom. The molecule has 4 heteroatoms. The molecule has 0 fully saturated rings. The second kappa shape index (κ2) is 2.69. The Morgan fingerprint density at radius 3 is 3.00 bits per heavy atom. The SMILES string of the molecule is O=C(Br)c1csc2ccsc12. The smallest absolute Gasteiger partial charge is 0.230 e. The van der Waals surface area contributed by atoms with Gasteiger partial charge in [-0.05, 0) is 27.4 Å². The van der Waals surface area contributed by atoms with Crippen LogP contribution in [0.2, 0.25) is 0 Å². The number of fused-ring (bicyclic) bond motifs is 1. The Hall–Kier alpha value is -0.190. The standard InChI is InChI=1S/C7H3BrOS2/c8-7(9)4-3-11-5-1-2-10-6(4)5/h1-3H. The number of halogens is 1. The first-order valence-corrected chi connectivity index (χ1v) is 5.49. The maximum Gasteiger partial charge on any atom is 0.230 e. The minimum absolute atomic E-state index is 0.0220. The molecule has 11 heavy (non-hydrogen) atoms. The molecule has 2 heterocycles. The van der Waals surface area contributed by atoms with Crippen LogP contribution in [0.15, 0.2) is 16.8 Å². The largest absolute Gasteiger partial charge is 0.281 e. The zero-order chi connectivity index (χ0) is 7.84. The average molecular weight is 247 g/mol. The normalized spacial score (nSPS) is 10.6. The molecule has 0 aliphatic rings. The summed E-state index contributed by atoms with van der Waals surface area (Å²) in [6, 6.07) is 2.03. The number of rotatable bonds is 1. The molecule has 0 aliphatic carbocycles. The van der Waals surface area contributed by atoms with E-state index in [1.165, 1.54) is 4.70 Å². The average Bonchev–Trinajstić information content (AvgIpc) is 2.41. The molecule has 2 aromatic rings. The summed E-state index contributed by atoms with van der Waals surface area (Å²) < 4.78 is 2.26. The van der Waals surface area contributed by atoms with E-state index in [1.807, 2.05) is 16.8 Å². The van der Waals surface area contributed by atoms with Crippen LogP contribution in [0.1, 0.15) is 10.4 Å². The topological polar surface area (TPSA) is 17.1 Å². The maximum atomic E-state index is 10.9. The van der Waals surface area contributed by atoms with E-state index < -0.39 is 0 Å². The highest BCUT2D eigenvalue weighted by Gasteiger charge is 2.09. The molecule has 0 atom stereocenters. The molecule has 2 rings (SSSR count). The van der Waals surface area contributed by atoms with Crippen molar-refractivity contribution in [1.82, 2.24) is 0 Å². The summed E-state index contributed by atoms with van der Waals surface area (Å²) >= 11 is 6.16. The molecule has 56 valence electrons. The van der Waals surface area contributed by atoms with Crippen LogP contribution in [0, 0.1) is 0 Å². The lowest BCUT2D eigenvalue weighted by Crippen LogP contribution is -1.80. The summed E-state index contributed by atoms with van der Waals surface area (Å²) in [5, 5.41) is 3.89. The molecule has 2 aromatic heterocycles. The number of carbonyl (C=O) groups is 1. The molecule has 0 aliphatic heterocycles. The second-order valence-corrected chi connectivity index (χ2v) is 4.58. The fraction of sp³-hybridized carbons (Fsp3) is 0. The predicted molar refractivity (Wildman–Crippen MR) is 53.0 cm³/mol. The zero-order valence-electron chi connectivity index (χ0n) is 5.33. The van der Waals surface area contributed by atoms with Crippen molar-refractivity contribution in [3.63, 3.8) is 0 Å². The third-order valence-electron chi connectivity index (χ3n) is 1.39.